The minimum absolute atomic E-state index is 0.631. The first kappa shape index (κ1) is 12.0. The highest BCUT2D eigenvalue weighted by Crippen LogP contribution is 2.30. The molecule has 1 aliphatic heterocycles. The average Bonchev–Trinajstić information content (AvgIpc) is 2.35. The summed E-state index contributed by atoms with van der Waals surface area (Å²) in [5.41, 5.74) is 2.78. The van der Waals surface area contributed by atoms with Crippen LogP contribution in [0.4, 0.5) is 0 Å². The van der Waals surface area contributed by atoms with Crippen LogP contribution in [0.25, 0.3) is 0 Å². The number of benzene rings is 1. The second kappa shape index (κ2) is 5.72. The standard InChI is InChI=1S/C14H19BrO/c1-2-13(15)9-8-12-6-3-5-11-7-4-10-16-14(11)12/h3,5-6,13H,2,4,7-10H2,1H3. The molecule has 1 heterocycles. The summed E-state index contributed by atoms with van der Waals surface area (Å²) in [6.07, 6.45) is 5.83. The molecule has 0 saturated carbocycles. The number of para-hydroxylation sites is 1. The molecule has 2 heteroatoms. The van der Waals surface area contributed by atoms with Gasteiger partial charge in [0.05, 0.1) is 6.61 Å². The number of aryl methyl sites for hydroxylation is 2. The van der Waals surface area contributed by atoms with Crippen molar-refractivity contribution in [1.82, 2.24) is 0 Å². The van der Waals surface area contributed by atoms with E-state index in [4.69, 9.17) is 4.74 Å². The molecule has 0 aliphatic carbocycles. The fourth-order valence-electron chi connectivity index (χ4n) is 2.17. The molecular weight excluding hydrogens is 264 g/mol. The van der Waals surface area contributed by atoms with Gasteiger partial charge in [-0.05, 0) is 43.2 Å². The first-order valence-corrected chi connectivity index (χ1v) is 7.10. The Labute approximate surface area is 106 Å². The Morgan fingerprint density at radius 1 is 1.44 bits per heavy atom. The molecule has 2 rings (SSSR count). The third kappa shape index (κ3) is 2.79. The SMILES string of the molecule is CCC(Br)CCc1cccc2c1OCCC2. The molecule has 1 nitrogen and oxygen atoms in total. The van der Waals surface area contributed by atoms with Crippen LogP contribution in [0.1, 0.15) is 37.3 Å². The van der Waals surface area contributed by atoms with Crippen LogP contribution in [0.5, 0.6) is 5.75 Å². The molecule has 1 aromatic carbocycles. The second-order valence-electron chi connectivity index (χ2n) is 4.40. The molecule has 0 bridgehead atoms. The Kier molecular flexibility index (Phi) is 4.28. The van der Waals surface area contributed by atoms with Gasteiger partial charge in [-0.25, -0.2) is 0 Å². The van der Waals surface area contributed by atoms with E-state index in [1.807, 2.05) is 0 Å². The quantitative estimate of drug-likeness (QED) is 0.755. The van der Waals surface area contributed by atoms with Crippen molar-refractivity contribution in [2.75, 3.05) is 6.61 Å². The summed E-state index contributed by atoms with van der Waals surface area (Å²) in [6, 6.07) is 6.57. The highest BCUT2D eigenvalue weighted by Gasteiger charge is 2.14. The molecule has 1 aromatic rings. The summed E-state index contributed by atoms with van der Waals surface area (Å²) in [7, 11) is 0. The van der Waals surface area contributed by atoms with Crippen LogP contribution in [-0.4, -0.2) is 11.4 Å². The van der Waals surface area contributed by atoms with E-state index in [1.165, 1.54) is 36.1 Å². The Bertz CT molecular complexity index is 349. The van der Waals surface area contributed by atoms with E-state index in [-0.39, 0.29) is 0 Å². The van der Waals surface area contributed by atoms with Crippen LogP contribution < -0.4 is 4.74 Å². The predicted octanol–water partition coefficient (Wildman–Crippen LogP) is 4.12. The summed E-state index contributed by atoms with van der Waals surface area (Å²) in [5, 5.41) is 0. The van der Waals surface area contributed by atoms with Gasteiger partial charge in [0.25, 0.3) is 0 Å². The van der Waals surface area contributed by atoms with Crippen molar-refractivity contribution in [2.45, 2.75) is 43.9 Å². The number of fused-ring (bicyclic) bond motifs is 1. The van der Waals surface area contributed by atoms with E-state index in [0.29, 0.717) is 4.83 Å². The number of hydrogen-bond acceptors (Lipinski definition) is 1. The lowest BCUT2D eigenvalue weighted by Gasteiger charge is -2.20. The summed E-state index contributed by atoms with van der Waals surface area (Å²) in [6.45, 7) is 3.10. The van der Waals surface area contributed by atoms with E-state index in [0.717, 1.165) is 19.4 Å². The van der Waals surface area contributed by atoms with Crippen molar-refractivity contribution in [3.63, 3.8) is 0 Å². The van der Waals surface area contributed by atoms with Crippen molar-refractivity contribution in [1.29, 1.82) is 0 Å². The third-order valence-electron chi connectivity index (χ3n) is 3.18. The van der Waals surface area contributed by atoms with Crippen LogP contribution in [-0.2, 0) is 12.8 Å². The number of rotatable bonds is 4. The number of ether oxygens (including phenoxy) is 1. The van der Waals surface area contributed by atoms with Gasteiger partial charge in [0, 0.05) is 4.83 Å². The minimum atomic E-state index is 0.631. The maximum absolute atomic E-state index is 5.81. The Hall–Kier alpha value is -0.500. The van der Waals surface area contributed by atoms with Gasteiger partial charge in [0.1, 0.15) is 5.75 Å². The highest BCUT2D eigenvalue weighted by molar-refractivity contribution is 9.09. The molecular formula is C14H19BrO. The lowest BCUT2D eigenvalue weighted by atomic mass is 9.99. The number of hydrogen-bond donors (Lipinski definition) is 0. The van der Waals surface area contributed by atoms with E-state index >= 15 is 0 Å². The molecule has 88 valence electrons. The van der Waals surface area contributed by atoms with Crippen LogP contribution in [0.3, 0.4) is 0 Å². The van der Waals surface area contributed by atoms with Gasteiger partial charge in [-0.2, -0.15) is 0 Å². The third-order valence-corrected chi connectivity index (χ3v) is 4.29. The van der Waals surface area contributed by atoms with Gasteiger partial charge in [-0.15, -0.1) is 0 Å². The fourth-order valence-corrected chi connectivity index (χ4v) is 2.40. The average molecular weight is 283 g/mol. The Morgan fingerprint density at radius 3 is 3.12 bits per heavy atom. The van der Waals surface area contributed by atoms with Gasteiger partial charge in [0.2, 0.25) is 0 Å². The van der Waals surface area contributed by atoms with Crippen molar-refractivity contribution in [3.8, 4) is 5.75 Å². The van der Waals surface area contributed by atoms with Crippen molar-refractivity contribution in [2.24, 2.45) is 0 Å². The zero-order valence-corrected chi connectivity index (χ0v) is 11.4. The van der Waals surface area contributed by atoms with E-state index in [1.54, 1.807) is 0 Å². The maximum Gasteiger partial charge on any atom is 0.125 e. The predicted molar refractivity (Wildman–Crippen MR) is 71.6 cm³/mol. The van der Waals surface area contributed by atoms with E-state index in [9.17, 15) is 0 Å². The highest BCUT2D eigenvalue weighted by atomic mass is 79.9. The van der Waals surface area contributed by atoms with Gasteiger partial charge < -0.3 is 4.74 Å². The summed E-state index contributed by atoms with van der Waals surface area (Å²) >= 11 is 3.69. The van der Waals surface area contributed by atoms with Crippen molar-refractivity contribution in [3.05, 3.63) is 29.3 Å². The topological polar surface area (TPSA) is 9.23 Å². The van der Waals surface area contributed by atoms with Gasteiger partial charge >= 0.3 is 0 Å². The summed E-state index contributed by atoms with van der Waals surface area (Å²) in [5.74, 6) is 1.17. The van der Waals surface area contributed by atoms with Crippen LogP contribution in [0, 0.1) is 0 Å². The molecule has 16 heavy (non-hydrogen) atoms. The van der Waals surface area contributed by atoms with Crippen LogP contribution in [0.2, 0.25) is 0 Å². The second-order valence-corrected chi connectivity index (χ2v) is 5.70. The molecule has 0 fully saturated rings. The van der Waals surface area contributed by atoms with Gasteiger partial charge in [-0.3, -0.25) is 0 Å². The van der Waals surface area contributed by atoms with Crippen molar-refractivity contribution < 1.29 is 4.74 Å². The van der Waals surface area contributed by atoms with Crippen molar-refractivity contribution >= 4 is 15.9 Å². The lowest BCUT2D eigenvalue weighted by Crippen LogP contribution is -2.11. The normalized spacial score (nSPS) is 16.4. The minimum Gasteiger partial charge on any atom is -0.493 e. The molecule has 1 aliphatic rings. The zero-order valence-electron chi connectivity index (χ0n) is 9.84. The van der Waals surface area contributed by atoms with Crippen LogP contribution in [0.15, 0.2) is 18.2 Å². The zero-order chi connectivity index (χ0) is 11.4. The molecule has 0 spiro atoms. The van der Waals surface area contributed by atoms with Gasteiger partial charge in [-0.1, -0.05) is 41.1 Å². The number of alkyl halides is 1. The van der Waals surface area contributed by atoms with Gasteiger partial charge in [0.15, 0.2) is 0 Å². The lowest BCUT2D eigenvalue weighted by molar-refractivity contribution is 0.285. The molecule has 0 amide bonds. The monoisotopic (exact) mass is 282 g/mol. The van der Waals surface area contributed by atoms with E-state index < -0.39 is 0 Å². The summed E-state index contributed by atoms with van der Waals surface area (Å²) < 4.78 is 5.81. The van der Waals surface area contributed by atoms with Crippen LogP contribution >= 0.6 is 15.9 Å². The summed E-state index contributed by atoms with van der Waals surface area (Å²) in [4.78, 5) is 0.631. The first-order chi connectivity index (χ1) is 7.81. The molecule has 0 saturated heterocycles. The Morgan fingerprint density at radius 2 is 2.31 bits per heavy atom. The molecule has 1 atom stereocenters. The molecule has 1 unspecified atom stereocenters. The fraction of sp³-hybridized carbons (Fsp3) is 0.571. The Balaban J connectivity index is 2.08. The largest absolute Gasteiger partial charge is 0.493 e. The smallest absolute Gasteiger partial charge is 0.125 e. The van der Waals surface area contributed by atoms with E-state index in [2.05, 4.69) is 41.1 Å². The molecule has 0 N–H and O–H groups in total. The number of halogens is 1. The maximum atomic E-state index is 5.81. The molecule has 0 aromatic heterocycles. The first-order valence-electron chi connectivity index (χ1n) is 6.19. The molecule has 0 radical (unpaired) electrons.